The van der Waals surface area contributed by atoms with E-state index < -0.39 is 12.1 Å². The molecule has 6 nitrogen and oxygen atoms in total. The Bertz CT molecular complexity index is 581. The summed E-state index contributed by atoms with van der Waals surface area (Å²) in [5, 5.41) is 9.50. The average Bonchev–Trinajstić information content (AvgIpc) is 3.49. The second-order valence-corrected chi connectivity index (χ2v) is 7.86. The van der Waals surface area contributed by atoms with Crippen molar-refractivity contribution in [2.45, 2.75) is 96.4 Å². The third-order valence-corrected chi connectivity index (χ3v) is 4.86. The SMILES string of the molecule is CCCCCC1OC1C/C=C\C/C=C\C/C=C\CCCC(=O)OC[C@H](O)COC(C)=O. The summed E-state index contributed by atoms with van der Waals surface area (Å²) >= 11 is 0. The van der Waals surface area contributed by atoms with E-state index in [-0.39, 0.29) is 19.2 Å². The fourth-order valence-corrected chi connectivity index (χ4v) is 3.01. The van der Waals surface area contributed by atoms with Crippen molar-refractivity contribution in [1.29, 1.82) is 0 Å². The van der Waals surface area contributed by atoms with Crippen molar-refractivity contribution in [3.8, 4) is 0 Å². The van der Waals surface area contributed by atoms with Gasteiger partial charge in [0.15, 0.2) is 0 Å². The first kappa shape index (κ1) is 27.1. The number of esters is 2. The number of aliphatic hydroxyl groups is 1. The fourth-order valence-electron chi connectivity index (χ4n) is 3.01. The second-order valence-electron chi connectivity index (χ2n) is 7.86. The predicted molar refractivity (Wildman–Crippen MR) is 122 cm³/mol. The van der Waals surface area contributed by atoms with Crippen LogP contribution in [0, 0.1) is 0 Å². The number of carbonyl (C=O) groups is 2. The van der Waals surface area contributed by atoms with Gasteiger partial charge in [0, 0.05) is 13.3 Å². The van der Waals surface area contributed by atoms with Crippen molar-refractivity contribution in [3.05, 3.63) is 36.5 Å². The second kappa shape index (κ2) is 17.7. The summed E-state index contributed by atoms with van der Waals surface area (Å²) in [4.78, 5) is 22.2. The summed E-state index contributed by atoms with van der Waals surface area (Å²) in [5.41, 5.74) is 0. The van der Waals surface area contributed by atoms with Crippen molar-refractivity contribution in [2.24, 2.45) is 0 Å². The normalized spacial score (nSPS) is 19.3. The summed E-state index contributed by atoms with van der Waals surface area (Å²) in [6.45, 7) is 3.16. The molecule has 1 saturated heterocycles. The molecule has 0 aliphatic carbocycles. The zero-order valence-electron chi connectivity index (χ0n) is 19.2. The molecule has 6 heteroatoms. The number of aliphatic hydroxyl groups excluding tert-OH is 1. The quantitative estimate of drug-likeness (QED) is 0.144. The van der Waals surface area contributed by atoms with Gasteiger partial charge in [-0.05, 0) is 38.5 Å². The minimum Gasteiger partial charge on any atom is -0.463 e. The highest BCUT2D eigenvalue weighted by Crippen LogP contribution is 2.30. The van der Waals surface area contributed by atoms with E-state index in [1.54, 1.807) is 0 Å². The number of ether oxygens (including phenoxy) is 3. The number of carbonyl (C=O) groups excluding carboxylic acids is 2. The zero-order valence-corrected chi connectivity index (χ0v) is 19.2. The number of rotatable bonds is 18. The van der Waals surface area contributed by atoms with Crippen molar-refractivity contribution < 1.29 is 28.9 Å². The van der Waals surface area contributed by atoms with Gasteiger partial charge in [0.05, 0.1) is 12.2 Å². The van der Waals surface area contributed by atoms with E-state index in [2.05, 4.69) is 48.1 Å². The Hall–Kier alpha value is -1.92. The molecule has 1 N–H and O–H groups in total. The van der Waals surface area contributed by atoms with Gasteiger partial charge in [-0.25, -0.2) is 0 Å². The molecule has 0 saturated carbocycles. The molecule has 0 aromatic rings. The van der Waals surface area contributed by atoms with E-state index in [0.717, 1.165) is 25.7 Å². The molecule has 1 heterocycles. The van der Waals surface area contributed by atoms with Crippen LogP contribution in [-0.2, 0) is 23.8 Å². The molecular weight excluding hydrogens is 396 g/mol. The van der Waals surface area contributed by atoms with Crippen LogP contribution in [0.2, 0.25) is 0 Å². The molecule has 1 aliphatic heterocycles. The van der Waals surface area contributed by atoms with Crippen molar-refractivity contribution in [2.75, 3.05) is 13.2 Å². The number of unbranched alkanes of at least 4 members (excludes halogenated alkanes) is 3. The molecule has 0 bridgehead atoms. The summed E-state index contributed by atoms with van der Waals surface area (Å²) in [6.07, 6.45) is 22.5. The van der Waals surface area contributed by atoms with Crippen LogP contribution in [-0.4, -0.2) is 48.6 Å². The maximum Gasteiger partial charge on any atom is 0.305 e. The van der Waals surface area contributed by atoms with E-state index in [1.807, 2.05) is 0 Å². The lowest BCUT2D eigenvalue weighted by atomic mass is 10.1. The molecule has 0 spiro atoms. The van der Waals surface area contributed by atoms with Crippen molar-refractivity contribution >= 4 is 11.9 Å². The molecule has 0 aromatic carbocycles. The highest BCUT2D eigenvalue weighted by molar-refractivity contribution is 5.69. The van der Waals surface area contributed by atoms with Crippen LogP contribution < -0.4 is 0 Å². The summed E-state index contributed by atoms with van der Waals surface area (Å²) in [6, 6.07) is 0. The predicted octanol–water partition coefficient (Wildman–Crippen LogP) is 4.81. The molecule has 1 fully saturated rings. The molecule has 3 atom stereocenters. The monoisotopic (exact) mass is 436 g/mol. The number of allylic oxidation sites excluding steroid dienone is 5. The Morgan fingerprint density at radius 3 is 2.32 bits per heavy atom. The molecule has 31 heavy (non-hydrogen) atoms. The smallest absolute Gasteiger partial charge is 0.305 e. The van der Waals surface area contributed by atoms with Gasteiger partial charge in [0.25, 0.3) is 0 Å². The number of hydrogen-bond acceptors (Lipinski definition) is 6. The van der Waals surface area contributed by atoms with Gasteiger partial charge >= 0.3 is 11.9 Å². The largest absolute Gasteiger partial charge is 0.463 e. The van der Waals surface area contributed by atoms with Gasteiger partial charge < -0.3 is 19.3 Å². The number of hydrogen-bond donors (Lipinski definition) is 1. The molecule has 0 amide bonds. The highest BCUT2D eigenvalue weighted by Gasteiger charge is 2.36. The maximum atomic E-state index is 11.6. The van der Waals surface area contributed by atoms with Crippen molar-refractivity contribution in [3.63, 3.8) is 0 Å². The first-order chi connectivity index (χ1) is 15.0. The third kappa shape index (κ3) is 16.4. The molecule has 1 rings (SSSR count). The summed E-state index contributed by atoms with van der Waals surface area (Å²) < 4.78 is 15.3. The number of epoxide rings is 1. The minimum atomic E-state index is -0.983. The minimum absolute atomic E-state index is 0.158. The van der Waals surface area contributed by atoms with E-state index in [4.69, 9.17) is 9.47 Å². The van der Waals surface area contributed by atoms with Crippen molar-refractivity contribution in [1.82, 2.24) is 0 Å². The summed E-state index contributed by atoms with van der Waals surface area (Å²) in [7, 11) is 0. The zero-order chi connectivity index (χ0) is 22.7. The first-order valence-electron chi connectivity index (χ1n) is 11.6. The molecule has 0 radical (unpaired) electrons. The highest BCUT2D eigenvalue weighted by atomic mass is 16.6. The van der Waals surface area contributed by atoms with Crippen LogP contribution in [0.1, 0.15) is 78.1 Å². The van der Waals surface area contributed by atoms with Crippen LogP contribution in [0.4, 0.5) is 0 Å². The van der Waals surface area contributed by atoms with Gasteiger partial charge in [-0.2, -0.15) is 0 Å². The van der Waals surface area contributed by atoms with Crippen LogP contribution >= 0.6 is 0 Å². The van der Waals surface area contributed by atoms with Crippen LogP contribution in [0.25, 0.3) is 0 Å². The Balaban J connectivity index is 1.92. The molecule has 176 valence electrons. The molecular formula is C25H40O6. The lowest BCUT2D eigenvalue weighted by Crippen LogP contribution is -2.24. The van der Waals surface area contributed by atoms with E-state index in [0.29, 0.717) is 25.0 Å². The Kier molecular flexibility index (Phi) is 15.5. The average molecular weight is 437 g/mol. The molecule has 2 unspecified atom stereocenters. The van der Waals surface area contributed by atoms with Gasteiger partial charge in [0.1, 0.15) is 19.3 Å². The third-order valence-electron chi connectivity index (χ3n) is 4.86. The lowest BCUT2D eigenvalue weighted by molar-refractivity contribution is -0.151. The van der Waals surface area contributed by atoms with Crippen LogP contribution in [0.5, 0.6) is 0 Å². The fraction of sp³-hybridized carbons (Fsp3) is 0.680. The standard InChI is InChI=1S/C25H40O6/c1-3-4-13-16-23-24(31-23)17-14-11-9-7-5-6-8-10-12-15-18-25(28)30-20-22(27)19-29-21(2)26/h5,7-8,10-11,14,22-24,27H,3-4,6,9,12-13,15-20H2,1-2H3/b7-5-,10-8-,14-11-/t22-,23?,24?/m1/s1. The van der Waals surface area contributed by atoms with Gasteiger partial charge in [-0.3, -0.25) is 9.59 Å². The lowest BCUT2D eigenvalue weighted by Gasteiger charge is -2.10. The van der Waals surface area contributed by atoms with Gasteiger partial charge in [0.2, 0.25) is 0 Å². The van der Waals surface area contributed by atoms with Gasteiger partial charge in [-0.1, -0.05) is 62.6 Å². The van der Waals surface area contributed by atoms with E-state index >= 15 is 0 Å². The topological polar surface area (TPSA) is 85.4 Å². The van der Waals surface area contributed by atoms with Crippen LogP contribution in [0.15, 0.2) is 36.5 Å². The van der Waals surface area contributed by atoms with E-state index in [1.165, 1.54) is 32.6 Å². The Labute approximate surface area is 187 Å². The molecule has 1 aliphatic rings. The first-order valence-corrected chi connectivity index (χ1v) is 11.6. The Morgan fingerprint density at radius 1 is 0.935 bits per heavy atom. The molecule has 0 aromatic heterocycles. The van der Waals surface area contributed by atoms with E-state index in [9.17, 15) is 14.7 Å². The van der Waals surface area contributed by atoms with Gasteiger partial charge in [-0.15, -0.1) is 0 Å². The Morgan fingerprint density at radius 2 is 1.61 bits per heavy atom. The van der Waals surface area contributed by atoms with Crippen LogP contribution in [0.3, 0.4) is 0 Å². The maximum absolute atomic E-state index is 11.6. The summed E-state index contributed by atoms with van der Waals surface area (Å²) in [5.74, 6) is -0.829.